The van der Waals surface area contributed by atoms with Gasteiger partial charge in [-0.15, -0.1) is 0 Å². The Morgan fingerprint density at radius 1 is 0.926 bits per heavy atom. The summed E-state index contributed by atoms with van der Waals surface area (Å²) in [6, 6.07) is 11.9. The summed E-state index contributed by atoms with van der Waals surface area (Å²) in [6.45, 7) is 4.60. The van der Waals surface area contributed by atoms with Gasteiger partial charge in [-0.25, -0.2) is 9.97 Å². The van der Waals surface area contributed by atoms with Crippen LogP contribution in [0, 0.1) is 0 Å². The Morgan fingerprint density at radius 2 is 1.70 bits per heavy atom. The molecule has 0 radical (unpaired) electrons. The Labute approximate surface area is 159 Å². The van der Waals surface area contributed by atoms with Gasteiger partial charge in [0.1, 0.15) is 11.5 Å². The summed E-state index contributed by atoms with van der Waals surface area (Å²) in [5.41, 5.74) is 4.60. The van der Waals surface area contributed by atoms with Gasteiger partial charge in [0.25, 0.3) is 5.91 Å². The minimum Gasteiger partial charge on any atom is -0.345 e. The molecule has 0 spiro atoms. The Kier molecular flexibility index (Phi) is 6.10. The van der Waals surface area contributed by atoms with E-state index in [4.69, 9.17) is 0 Å². The Morgan fingerprint density at radius 3 is 2.30 bits per heavy atom. The predicted octanol–water partition coefficient (Wildman–Crippen LogP) is 3.67. The summed E-state index contributed by atoms with van der Waals surface area (Å²) in [4.78, 5) is 25.0. The molecule has 0 aliphatic heterocycles. The number of aromatic nitrogens is 3. The quantitative estimate of drug-likeness (QED) is 0.671. The number of benzene rings is 1. The van der Waals surface area contributed by atoms with E-state index >= 15 is 0 Å². The highest BCUT2D eigenvalue weighted by Crippen LogP contribution is 2.25. The molecule has 0 bridgehead atoms. The first kappa shape index (κ1) is 18.5. The van der Waals surface area contributed by atoms with E-state index in [0.29, 0.717) is 12.4 Å². The number of rotatable bonds is 7. The predicted molar refractivity (Wildman–Crippen MR) is 106 cm³/mol. The van der Waals surface area contributed by atoms with E-state index in [2.05, 4.69) is 57.6 Å². The van der Waals surface area contributed by atoms with Crippen LogP contribution < -0.4 is 10.6 Å². The number of hydrogen-bond donors (Lipinski definition) is 2. The van der Waals surface area contributed by atoms with Crippen molar-refractivity contribution in [1.82, 2.24) is 20.3 Å². The van der Waals surface area contributed by atoms with Crippen molar-refractivity contribution < 1.29 is 4.79 Å². The second-order valence-corrected chi connectivity index (χ2v) is 6.07. The molecule has 0 aliphatic rings. The fourth-order valence-electron chi connectivity index (χ4n) is 2.81. The molecule has 2 N–H and O–H groups in total. The fourth-order valence-corrected chi connectivity index (χ4v) is 2.81. The SMILES string of the molecule is CCc1cccc(CC)c1Nc1cnc(C(=O)NCc2ccccn2)cn1. The number of hydrogen-bond acceptors (Lipinski definition) is 5. The van der Waals surface area contributed by atoms with Crippen LogP contribution in [0.1, 0.15) is 41.2 Å². The van der Waals surface area contributed by atoms with E-state index in [9.17, 15) is 4.79 Å². The number of amides is 1. The molecule has 0 saturated heterocycles. The average Bonchev–Trinajstić information content (AvgIpc) is 2.73. The zero-order chi connectivity index (χ0) is 19.1. The molecule has 1 amide bonds. The number of carbonyl (C=O) groups excluding carboxylic acids is 1. The summed E-state index contributed by atoms with van der Waals surface area (Å²) in [7, 11) is 0. The number of carbonyl (C=O) groups is 1. The largest absolute Gasteiger partial charge is 0.345 e. The van der Waals surface area contributed by atoms with E-state index in [1.807, 2.05) is 18.2 Å². The highest BCUT2D eigenvalue weighted by molar-refractivity contribution is 5.92. The molecule has 3 rings (SSSR count). The third-order valence-electron chi connectivity index (χ3n) is 4.29. The third-order valence-corrected chi connectivity index (χ3v) is 4.29. The first-order valence-electron chi connectivity index (χ1n) is 9.09. The van der Waals surface area contributed by atoms with Gasteiger partial charge in [0.05, 0.1) is 24.6 Å². The van der Waals surface area contributed by atoms with Gasteiger partial charge in [-0.2, -0.15) is 0 Å². The van der Waals surface area contributed by atoms with Crippen LogP contribution in [0.5, 0.6) is 0 Å². The van der Waals surface area contributed by atoms with Crippen molar-refractivity contribution in [3.8, 4) is 0 Å². The maximum Gasteiger partial charge on any atom is 0.271 e. The lowest BCUT2D eigenvalue weighted by Gasteiger charge is -2.14. The van der Waals surface area contributed by atoms with E-state index < -0.39 is 0 Å². The van der Waals surface area contributed by atoms with Crippen LogP contribution in [0.3, 0.4) is 0 Å². The van der Waals surface area contributed by atoms with Crippen molar-refractivity contribution in [1.29, 1.82) is 0 Å². The van der Waals surface area contributed by atoms with E-state index in [0.717, 1.165) is 24.2 Å². The summed E-state index contributed by atoms with van der Waals surface area (Å²) in [5, 5.41) is 6.15. The molecule has 27 heavy (non-hydrogen) atoms. The van der Waals surface area contributed by atoms with Gasteiger partial charge in [-0.1, -0.05) is 38.1 Å². The molecule has 2 aromatic heterocycles. The number of pyridine rings is 1. The second-order valence-electron chi connectivity index (χ2n) is 6.07. The van der Waals surface area contributed by atoms with Gasteiger partial charge in [0.2, 0.25) is 0 Å². The molecule has 0 unspecified atom stereocenters. The molecule has 6 heteroatoms. The van der Waals surface area contributed by atoms with Crippen molar-refractivity contribution >= 4 is 17.4 Å². The molecule has 0 aliphatic carbocycles. The zero-order valence-corrected chi connectivity index (χ0v) is 15.6. The molecular weight excluding hydrogens is 338 g/mol. The number of nitrogens with one attached hydrogen (secondary N) is 2. The number of nitrogens with zero attached hydrogens (tertiary/aromatic N) is 3. The van der Waals surface area contributed by atoms with E-state index in [1.54, 1.807) is 12.4 Å². The maximum absolute atomic E-state index is 12.2. The van der Waals surface area contributed by atoms with Crippen molar-refractivity contribution in [2.24, 2.45) is 0 Å². The average molecular weight is 361 g/mol. The summed E-state index contributed by atoms with van der Waals surface area (Å²) in [5.74, 6) is 0.342. The molecule has 2 heterocycles. The standard InChI is InChI=1S/C21H23N5O/c1-3-15-8-7-9-16(4-2)20(15)26-19-14-23-18(13-24-19)21(27)25-12-17-10-5-6-11-22-17/h5-11,13-14H,3-4,12H2,1-2H3,(H,24,26)(H,25,27). The lowest BCUT2D eigenvalue weighted by molar-refractivity contribution is 0.0945. The Hall–Kier alpha value is -3.28. The van der Waals surface area contributed by atoms with Gasteiger partial charge in [0, 0.05) is 11.9 Å². The number of aryl methyl sites for hydroxylation is 2. The maximum atomic E-state index is 12.2. The molecule has 0 fully saturated rings. The van der Waals surface area contributed by atoms with E-state index in [-0.39, 0.29) is 11.6 Å². The van der Waals surface area contributed by atoms with Gasteiger partial charge in [0.15, 0.2) is 0 Å². The Balaban J connectivity index is 1.68. The Bertz CT molecular complexity index is 872. The first-order valence-corrected chi connectivity index (χ1v) is 9.09. The molecule has 0 atom stereocenters. The topological polar surface area (TPSA) is 79.8 Å². The van der Waals surface area contributed by atoms with Crippen LogP contribution in [0.2, 0.25) is 0 Å². The van der Waals surface area contributed by atoms with E-state index in [1.165, 1.54) is 17.3 Å². The third kappa shape index (κ3) is 4.67. The lowest BCUT2D eigenvalue weighted by Crippen LogP contribution is -2.24. The minimum absolute atomic E-state index is 0.274. The van der Waals surface area contributed by atoms with Crippen molar-refractivity contribution in [2.75, 3.05) is 5.32 Å². The highest BCUT2D eigenvalue weighted by atomic mass is 16.1. The second kappa shape index (κ2) is 8.89. The van der Waals surface area contributed by atoms with Crippen molar-refractivity contribution in [2.45, 2.75) is 33.2 Å². The molecule has 138 valence electrons. The smallest absolute Gasteiger partial charge is 0.271 e. The van der Waals surface area contributed by atoms with Crippen LogP contribution in [-0.2, 0) is 19.4 Å². The summed E-state index contributed by atoms with van der Waals surface area (Å²) in [6.07, 6.45) is 6.62. The fraction of sp³-hybridized carbons (Fsp3) is 0.238. The molecular formula is C21H23N5O. The monoisotopic (exact) mass is 361 g/mol. The van der Waals surface area contributed by atoms with Crippen LogP contribution in [0.4, 0.5) is 11.5 Å². The molecule has 0 saturated carbocycles. The van der Waals surface area contributed by atoms with Crippen LogP contribution in [0.25, 0.3) is 0 Å². The van der Waals surface area contributed by atoms with Gasteiger partial charge >= 0.3 is 0 Å². The van der Waals surface area contributed by atoms with Gasteiger partial charge in [-0.05, 0) is 36.1 Å². The van der Waals surface area contributed by atoms with Crippen LogP contribution in [-0.4, -0.2) is 20.9 Å². The molecule has 1 aromatic carbocycles. The van der Waals surface area contributed by atoms with Crippen molar-refractivity contribution in [3.05, 3.63) is 77.5 Å². The minimum atomic E-state index is -0.275. The van der Waals surface area contributed by atoms with Crippen LogP contribution in [0.15, 0.2) is 55.0 Å². The van der Waals surface area contributed by atoms with Crippen LogP contribution >= 0.6 is 0 Å². The van der Waals surface area contributed by atoms with Gasteiger partial charge in [-0.3, -0.25) is 9.78 Å². The normalized spacial score (nSPS) is 10.4. The number of para-hydroxylation sites is 1. The van der Waals surface area contributed by atoms with Crippen molar-refractivity contribution in [3.63, 3.8) is 0 Å². The first-order chi connectivity index (χ1) is 13.2. The molecule has 3 aromatic rings. The highest BCUT2D eigenvalue weighted by Gasteiger charge is 2.10. The lowest BCUT2D eigenvalue weighted by atomic mass is 10.0. The number of anilines is 2. The molecule has 6 nitrogen and oxygen atoms in total. The summed E-state index contributed by atoms with van der Waals surface area (Å²) >= 11 is 0. The summed E-state index contributed by atoms with van der Waals surface area (Å²) < 4.78 is 0. The zero-order valence-electron chi connectivity index (χ0n) is 15.6. The van der Waals surface area contributed by atoms with Gasteiger partial charge < -0.3 is 10.6 Å².